The van der Waals surface area contributed by atoms with Crippen molar-refractivity contribution in [2.45, 2.75) is 69.4 Å². The van der Waals surface area contributed by atoms with E-state index in [9.17, 15) is 15.3 Å². The summed E-state index contributed by atoms with van der Waals surface area (Å²) in [5.41, 5.74) is 0.813. The third-order valence-electron chi connectivity index (χ3n) is 5.83. The first-order chi connectivity index (χ1) is 15.1. The molecule has 2 aromatic rings. The molecule has 2 aromatic carbocycles. The Hall–Kier alpha value is -1.80. The van der Waals surface area contributed by atoms with Crippen LogP contribution in [-0.2, 0) is 27.4 Å². The van der Waals surface area contributed by atoms with Crippen molar-refractivity contribution in [1.29, 1.82) is 0 Å². The SMILES string of the molecule is CCC[C@]1([C@H](O)[C@H](CO)OCc2ccccc2)O[C@@H](COCc2ccccc2)C[C@@H]1O. The Kier molecular flexibility index (Phi) is 9.02. The molecular weight excluding hydrogens is 396 g/mol. The third-order valence-corrected chi connectivity index (χ3v) is 5.83. The Morgan fingerprint density at radius 3 is 2.23 bits per heavy atom. The van der Waals surface area contributed by atoms with Crippen LogP contribution in [0.4, 0.5) is 0 Å². The minimum Gasteiger partial charge on any atom is -0.394 e. The van der Waals surface area contributed by atoms with E-state index >= 15 is 0 Å². The second-order valence-electron chi connectivity index (χ2n) is 8.16. The molecule has 31 heavy (non-hydrogen) atoms. The van der Waals surface area contributed by atoms with Crippen molar-refractivity contribution < 1.29 is 29.5 Å². The van der Waals surface area contributed by atoms with Gasteiger partial charge in [0, 0.05) is 6.42 Å². The lowest BCUT2D eigenvalue weighted by Gasteiger charge is -2.39. The van der Waals surface area contributed by atoms with E-state index in [1.807, 2.05) is 67.6 Å². The van der Waals surface area contributed by atoms with Crippen LogP contribution in [0.2, 0.25) is 0 Å². The normalized spacial score (nSPS) is 25.4. The molecule has 5 atom stereocenters. The minimum atomic E-state index is -1.19. The van der Waals surface area contributed by atoms with Gasteiger partial charge in [-0.3, -0.25) is 0 Å². The molecule has 6 nitrogen and oxygen atoms in total. The van der Waals surface area contributed by atoms with E-state index in [1.165, 1.54) is 0 Å². The molecule has 3 rings (SSSR count). The van der Waals surface area contributed by atoms with Crippen molar-refractivity contribution in [3.63, 3.8) is 0 Å². The van der Waals surface area contributed by atoms with Gasteiger partial charge in [-0.15, -0.1) is 0 Å². The van der Waals surface area contributed by atoms with Gasteiger partial charge in [-0.25, -0.2) is 0 Å². The summed E-state index contributed by atoms with van der Waals surface area (Å²) < 4.78 is 17.8. The predicted molar refractivity (Wildman–Crippen MR) is 117 cm³/mol. The van der Waals surface area contributed by atoms with Crippen LogP contribution >= 0.6 is 0 Å². The van der Waals surface area contributed by atoms with Gasteiger partial charge in [0.25, 0.3) is 0 Å². The summed E-state index contributed by atoms with van der Waals surface area (Å²) in [4.78, 5) is 0. The number of hydrogen-bond acceptors (Lipinski definition) is 6. The molecule has 3 N–H and O–H groups in total. The highest BCUT2D eigenvalue weighted by atomic mass is 16.6. The Morgan fingerprint density at radius 1 is 1.03 bits per heavy atom. The summed E-state index contributed by atoms with van der Waals surface area (Å²) in [6, 6.07) is 19.4. The predicted octanol–water partition coefficient (Wildman–Crippen LogP) is 2.83. The van der Waals surface area contributed by atoms with E-state index in [0.717, 1.165) is 11.1 Å². The van der Waals surface area contributed by atoms with Gasteiger partial charge in [0.2, 0.25) is 0 Å². The molecule has 1 fully saturated rings. The first-order valence-corrected chi connectivity index (χ1v) is 11.0. The maximum absolute atomic E-state index is 11.1. The molecule has 0 amide bonds. The average Bonchev–Trinajstić information content (AvgIpc) is 3.11. The number of ether oxygens (including phenoxy) is 3. The van der Waals surface area contributed by atoms with E-state index in [1.54, 1.807) is 0 Å². The van der Waals surface area contributed by atoms with Gasteiger partial charge in [-0.05, 0) is 17.5 Å². The van der Waals surface area contributed by atoms with E-state index < -0.39 is 23.9 Å². The highest BCUT2D eigenvalue weighted by molar-refractivity contribution is 5.14. The molecule has 170 valence electrons. The Balaban J connectivity index is 1.61. The van der Waals surface area contributed by atoms with Gasteiger partial charge < -0.3 is 29.5 Å². The van der Waals surface area contributed by atoms with Crippen LogP contribution in [0.1, 0.15) is 37.3 Å². The number of aliphatic hydroxyl groups excluding tert-OH is 3. The molecule has 1 aliphatic rings. The van der Waals surface area contributed by atoms with Gasteiger partial charge in [0.1, 0.15) is 17.8 Å². The molecule has 0 spiro atoms. The van der Waals surface area contributed by atoms with E-state index in [4.69, 9.17) is 14.2 Å². The number of aliphatic hydroxyl groups is 3. The lowest BCUT2D eigenvalue weighted by Crippen LogP contribution is -2.56. The lowest BCUT2D eigenvalue weighted by molar-refractivity contribution is -0.205. The highest BCUT2D eigenvalue weighted by Crippen LogP contribution is 2.39. The topological polar surface area (TPSA) is 88.4 Å². The van der Waals surface area contributed by atoms with Crippen LogP contribution in [0.15, 0.2) is 60.7 Å². The molecular formula is C25H34O6. The largest absolute Gasteiger partial charge is 0.394 e. The van der Waals surface area contributed by atoms with E-state index in [0.29, 0.717) is 32.5 Å². The van der Waals surface area contributed by atoms with E-state index in [2.05, 4.69) is 0 Å². The molecule has 0 bridgehead atoms. The molecule has 6 heteroatoms. The zero-order valence-corrected chi connectivity index (χ0v) is 18.1. The summed E-state index contributed by atoms with van der Waals surface area (Å²) in [5.74, 6) is 0. The van der Waals surface area contributed by atoms with Crippen molar-refractivity contribution in [2.24, 2.45) is 0 Å². The summed E-state index contributed by atoms with van der Waals surface area (Å²) >= 11 is 0. The first kappa shape index (κ1) is 23.9. The van der Waals surface area contributed by atoms with Crippen molar-refractivity contribution in [3.05, 3.63) is 71.8 Å². The smallest absolute Gasteiger partial charge is 0.123 e. The zero-order chi connectivity index (χ0) is 22.1. The molecule has 0 aromatic heterocycles. The minimum absolute atomic E-state index is 0.255. The number of benzene rings is 2. The second-order valence-corrected chi connectivity index (χ2v) is 8.16. The number of rotatable bonds is 12. The van der Waals surface area contributed by atoms with Gasteiger partial charge >= 0.3 is 0 Å². The maximum atomic E-state index is 11.1. The fourth-order valence-electron chi connectivity index (χ4n) is 4.24. The zero-order valence-electron chi connectivity index (χ0n) is 18.1. The molecule has 1 aliphatic heterocycles. The van der Waals surface area contributed by atoms with Crippen molar-refractivity contribution in [3.8, 4) is 0 Å². The van der Waals surface area contributed by atoms with Gasteiger partial charge in [0.15, 0.2) is 0 Å². The van der Waals surface area contributed by atoms with Crippen LogP contribution < -0.4 is 0 Å². The molecule has 0 aliphatic carbocycles. The monoisotopic (exact) mass is 430 g/mol. The second kappa shape index (κ2) is 11.7. The van der Waals surface area contributed by atoms with Crippen LogP contribution in [0, 0.1) is 0 Å². The summed E-state index contributed by atoms with van der Waals surface area (Å²) in [7, 11) is 0. The Morgan fingerprint density at radius 2 is 1.65 bits per heavy atom. The summed E-state index contributed by atoms with van der Waals surface area (Å²) in [6.45, 7) is 2.64. The molecule has 1 heterocycles. The lowest BCUT2D eigenvalue weighted by atomic mass is 9.83. The van der Waals surface area contributed by atoms with E-state index in [-0.39, 0.29) is 19.3 Å². The van der Waals surface area contributed by atoms with Crippen molar-refractivity contribution >= 4 is 0 Å². The molecule has 0 unspecified atom stereocenters. The van der Waals surface area contributed by atoms with Crippen LogP contribution in [0.25, 0.3) is 0 Å². The molecule has 0 radical (unpaired) electrons. The van der Waals surface area contributed by atoms with Crippen molar-refractivity contribution in [1.82, 2.24) is 0 Å². The summed E-state index contributed by atoms with van der Waals surface area (Å²) in [5, 5.41) is 31.9. The molecule has 0 saturated carbocycles. The molecule has 1 saturated heterocycles. The summed E-state index contributed by atoms with van der Waals surface area (Å²) in [6.07, 6.45) is -1.72. The standard InChI is InChI=1S/C25H34O6/c1-2-13-25(24(28)22(15-26)30-17-20-11-7-4-8-12-20)23(27)14-21(31-25)18-29-16-19-9-5-3-6-10-19/h3-12,21-24,26-28H,2,13-18H2,1H3/t21-,22+,23+,24-,25+/m1/s1. The maximum Gasteiger partial charge on any atom is 0.123 e. The van der Waals surface area contributed by atoms with Crippen LogP contribution in [-0.4, -0.2) is 58.6 Å². The highest BCUT2D eigenvalue weighted by Gasteiger charge is 2.54. The third kappa shape index (κ3) is 6.13. The number of hydrogen-bond donors (Lipinski definition) is 3. The van der Waals surface area contributed by atoms with Gasteiger partial charge in [-0.1, -0.05) is 74.0 Å². The quantitative estimate of drug-likeness (QED) is 0.480. The van der Waals surface area contributed by atoms with Crippen molar-refractivity contribution in [2.75, 3.05) is 13.2 Å². The Labute approximate surface area is 184 Å². The van der Waals surface area contributed by atoms with Crippen LogP contribution in [0.5, 0.6) is 0 Å². The van der Waals surface area contributed by atoms with Crippen LogP contribution in [0.3, 0.4) is 0 Å². The fraction of sp³-hybridized carbons (Fsp3) is 0.520. The van der Waals surface area contributed by atoms with Gasteiger partial charge in [-0.2, -0.15) is 0 Å². The Bertz CT molecular complexity index is 755. The average molecular weight is 431 g/mol. The fourth-order valence-corrected chi connectivity index (χ4v) is 4.24. The van der Waals surface area contributed by atoms with Gasteiger partial charge in [0.05, 0.1) is 38.6 Å². The first-order valence-electron chi connectivity index (χ1n) is 11.0.